The van der Waals surface area contributed by atoms with Gasteiger partial charge in [0.05, 0.1) is 6.61 Å². The average molecular weight is 131 g/mol. The number of aliphatic hydroxyl groups excluding tert-OH is 1. The molecule has 2 nitrogen and oxygen atoms in total. The second kappa shape index (κ2) is 4.77. The molecule has 0 aliphatic carbocycles. The monoisotopic (exact) mass is 131 g/mol. The summed E-state index contributed by atoms with van der Waals surface area (Å²) in [7, 11) is 0. The standard InChI is InChI=1S/C7H17NO/c1-3-6(4-2)7(8)5-9/h6-7,9H,3-5,8H2,1-2H3/t7-/m0/s1. The maximum atomic E-state index is 8.64. The van der Waals surface area contributed by atoms with E-state index in [0.717, 1.165) is 12.8 Å². The smallest absolute Gasteiger partial charge is 0.0585 e. The quantitative estimate of drug-likeness (QED) is 0.591. The summed E-state index contributed by atoms with van der Waals surface area (Å²) in [6.45, 7) is 4.32. The zero-order chi connectivity index (χ0) is 7.28. The van der Waals surface area contributed by atoms with Crippen molar-refractivity contribution in [2.24, 2.45) is 11.7 Å². The van der Waals surface area contributed by atoms with E-state index in [2.05, 4.69) is 13.8 Å². The normalized spacial score (nSPS) is 14.3. The molecular formula is C7H17NO. The van der Waals surface area contributed by atoms with Crippen molar-refractivity contribution < 1.29 is 5.11 Å². The third-order valence-corrected chi connectivity index (χ3v) is 1.87. The third kappa shape index (κ3) is 2.82. The lowest BCUT2D eigenvalue weighted by Gasteiger charge is -2.17. The van der Waals surface area contributed by atoms with E-state index in [1.165, 1.54) is 0 Å². The molecule has 0 saturated carbocycles. The van der Waals surface area contributed by atoms with Gasteiger partial charge in [0.25, 0.3) is 0 Å². The minimum absolute atomic E-state index is 0.0139. The zero-order valence-corrected chi connectivity index (χ0v) is 6.30. The van der Waals surface area contributed by atoms with Crippen molar-refractivity contribution in [3.63, 3.8) is 0 Å². The summed E-state index contributed by atoms with van der Waals surface area (Å²) < 4.78 is 0. The molecule has 0 amide bonds. The lowest BCUT2D eigenvalue weighted by atomic mass is 9.96. The summed E-state index contributed by atoms with van der Waals surface area (Å²) in [6.07, 6.45) is 2.14. The average Bonchev–Trinajstić information content (AvgIpc) is 1.90. The molecule has 9 heavy (non-hydrogen) atoms. The van der Waals surface area contributed by atoms with Crippen molar-refractivity contribution in [1.29, 1.82) is 0 Å². The van der Waals surface area contributed by atoms with Crippen molar-refractivity contribution in [3.8, 4) is 0 Å². The van der Waals surface area contributed by atoms with Crippen LogP contribution in [-0.2, 0) is 0 Å². The molecule has 1 atom stereocenters. The van der Waals surface area contributed by atoms with E-state index in [1.54, 1.807) is 0 Å². The van der Waals surface area contributed by atoms with Crippen LogP contribution < -0.4 is 5.73 Å². The predicted octanol–water partition coefficient (Wildman–Crippen LogP) is 0.742. The van der Waals surface area contributed by atoms with Crippen LogP contribution in [0.5, 0.6) is 0 Å². The SMILES string of the molecule is CCC(CC)[C@@H](N)CO. The fraction of sp³-hybridized carbons (Fsp3) is 1.00. The first-order chi connectivity index (χ1) is 4.26. The molecule has 0 aliphatic rings. The molecule has 3 N–H and O–H groups in total. The summed E-state index contributed by atoms with van der Waals surface area (Å²) in [5, 5.41) is 8.64. The van der Waals surface area contributed by atoms with Gasteiger partial charge in [-0.3, -0.25) is 0 Å². The van der Waals surface area contributed by atoms with E-state index in [9.17, 15) is 0 Å². The predicted molar refractivity (Wildman–Crippen MR) is 39.1 cm³/mol. The summed E-state index contributed by atoms with van der Waals surface area (Å²) in [6, 6.07) is -0.0139. The van der Waals surface area contributed by atoms with Crippen LogP contribution in [-0.4, -0.2) is 17.8 Å². The molecule has 0 aliphatic heterocycles. The number of hydrogen-bond donors (Lipinski definition) is 2. The Morgan fingerprint density at radius 3 is 1.89 bits per heavy atom. The van der Waals surface area contributed by atoms with Crippen molar-refractivity contribution >= 4 is 0 Å². The molecule has 56 valence electrons. The minimum Gasteiger partial charge on any atom is -0.395 e. The first-order valence-electron chi connectivity index (χ1n) is 3.62. The third-order valence-electron chi connectivity index (χ3n) is 1.87. The second-order valence-electron chi connectivity index (χ2n) is 2.42. The summed E-state index contributed by atoms with van der Waals surface area (Å²) in [5.74, 6) is 0.495. The Labute approximate surface area is 57.1 Å². The van der Waals surface area contributed by atoms with Crippen molar-refractivity contribution in [2.45, 2.75) is 32.7 Å². The highest BCUT2D eigenvalue weighted by molar-refractivity contribution is 4.68. The highest BCUT2D eigenvalue weighted by Gasteiger charge is 2.11. The largest absolute Gasteiger partial charge is 0.395 e. The number of aliphatic hydroxyl groups is 1. The van der Waals surface area contributed by atoms with E-state index in [4.69, 9.17) is 10.8 Å². The number of hydrogen-bond acceptors (Lipinski definition) is 2. The number of rotatable bonds is 4. The van der Waals surface area contributed by atoms with Gasteiger partial charge in [-0.1, -0.05) is 26.7 Å². The fourth-order valence-electron chi connectivity index (χ4n) is 1.04. The van der Waals surface area contributed by atoms with E-state index >= 15 is 0 Å². The molecule has 0 rings (SSSR count). The Hall–Kier alpha value is -0.0800. The van der Waals surface area contributed by atoms with E-state index in [-0.39, 0.29) is 12.6 Å². The van der Waals surface area contributed by atoms with E-state index in [1.807, 2.05) is 0 Å². The van der Waals surface area contributed by atoms with E-state index in [0.29, 0.717) is 5.92 Å². The molecule has 0 heterocycles. The maximum absolute atomic E-state index is 8.64. The Kier molecular flexibility index (Phi) is 4.72. The molecule has 0 fully saturated rings. The van der Waals surface area contributed by atoms with Crippen LogP contribution in [0, 0.1) is 5.92 Å². The Bertz CT molecular complexity index is 61.9. The molecule has 2 heteroatoms. The highest BCUT2D eigenvalue weighted by atomic mass is 16.3. The highest BCUT2D eigenvalue weighted by Crippen LogP contribution is 2.09. The Morgan fingerprint density at radius 2 is 1.78 bits per heavy atom. The van der Waals surface area contributed by atoms with Gasteiger partial charge in [-0.25, -0.2) is 0 Å². The lowest BCUT2D eigenvalue weighted by molar-refractivity contribution is 0.220. The molecule has 0 unspecified atom stereocenters. The van der Waals surface area contributed by atoms with Crippen LogP contribution >= 0.6 is 0 Å². The van der Waals surface area contributed by atoms with Gasteiger partial charge in [0, 0.05) is 6.04 Å². The molecule has 0 aromatic heterocycles. The van der Waals surface area contributed by atoms with Crippen molar-refractivity contribution in [3.05, 3.63) is 0 Å². The van der Waals surface area contributed by atoms with Gasteiger partial charge in [0.15, 0.2) is 0 Å². The van der Waals surface area contributed by atoms with Crippen molar-refractivity contribution in [2.75, 3.05) is 6.61 Å². The van der Waals surface area contributed by atoms with Crippen LogP contribution in [0.1, 0.15) is 26.7 Å². The van der Waals surface area contributed by atoms with Gasteiger partial charge < -0.3 is 10.8 Å². The Balaban J connectivity index is 3.50. The maximum Gasteiger partial charge on any atom is 0.0585 e. The molecule has 0 aromatic rings. The molecular weight excluding hydrogens is 114 g/mol. The number of nitrogens with two attached hydrogens (primary N) is 1. The zero-order valence-electron chi connectivity index (χ0n) is 6.30. The second-order valence-corrected chi connectivity index (χ2v) is 2.42. The summed E-state index contributed by atoms with van der Waals surface area (Å²) in [5.41, 5.74) is 5.59. The Morgan fingerprint density at radius 1 is 1.33 bits per heavy atom. The topological polar surface area (TPSA) is 46.2 Å². The molecule has 0 aromatic carbocycles. The van der Waals surface area contributed by atoms with Gasteiger partial charge in [-0.05, 0) is 5.92 Å². The van der Waals surface area contributed by atoms with Gasteiger partial charge in [-0.15, -0.1) is 0 Å². The van der Waals surface area contributed by atoms with Gasteiger partial charge in [-0.2, -0.15) is 0 Å². The fourth-order valence-corrected chi connectivity index (χ4v) is 1.04. The van der Waals surface area contributed by atoms with Gasteiger partial charge in [0.1, 0.15) is 0 Å². The minimum atomic E-state index is -0.0139. The lowest BCUT2D eigenvalue weighted by Crippen LogP contribution is -2.32. The van der Waals surface area contributed by atoms with Gasteiger partial charge >= 0.3 is 0 Å². The molecule has 0 spiro atoms. The first kappa shape index (κ1) is 8.92. The van der Waals surface area contributed by atoms with Crippen LogP contribution in [0.2, 0.25) is 0 Å². The van der Waals surface area contributed by atoms with Crippen molar-refractivity contribution in [1.82, 2.24) is 0 Å². The van der Waals surface area contributed by atoms with Crippen LogP contribution in [0.4, 0.5) is 0 Å². The molecule has 0 saturated heterocycles. The van der Waals surface area contributed by atoms with Crippen LogP contribution in [0.15, 0.2) is 0 Å². The first-order valence-corrected chi connectivity index (χ1v) is 3.62. The van der Waals surface area contributed by atoms with E-state index < -0.39 is 0 Å². The molecule has 0 radical (unpaired) electrons. The van der Waals surface area contributed by atoms with Gasteiger partial charge in [0.2, 0.25) is 0 Å². The van der Waals surface area contributed by atoms with Crippen LogP contribution in [0.3, 0.4) is 0 Å². The summed E-state index contributed by atoms with van der Waals surface area (Å²) >= 11 is 0. The summed E-state index contributed by atoms with van der Waals surface area (Å²) in [4.78, 5) is 0. The molecule has 0 bridgehead atoms. The van der Waals surface area contributed by atoms with Crippen LogP contribution in [0.25, 0.3) is 0 Å².